The largest absolute Gasteiger partial charge is 0.469 e. The smallest absolute Gasteiger partial charge is 0.333 e. The van der Waals surface area contributed by atoms with Crippen LogP contribution in [0.3, 0.4) is 0 Å². The van der Waals surface area contributed by atoms with Crippen molar-refractivity contribution < 1.29 is 42.9 Å². The predicted molar refractivity (Wildman–Crippen MR) is 138 cm³/mol. The number of carbonyl (C=O) groups is 4. The van der Waals surface area contributed by atoms with E-state index < -0.39 is 58.5 Å². The van der Waals surface area contributed by atoms with Crippen molar-refractivity contribution in [1.29, 1.82) is 0 Å². The first kappa shape index (κ1) is 28.0. The Hall–Kier alpha value is -2.52. The average molecular weight is 545 g/mol. The quantitative estimate of drug-likeness (QED) is 0.291. The molecule has 0 N–H and O–H groups in total. The summed E-state index contributed by atoms with van der Waals surface area (Å²) in [7, 11) is 1.36. The summed E-state index contributed by atoms with van der Waals surface area (Å²) in [4.78, 5) is 51.3. The number of hydrogen-bond acceptors (Lipinski definition) is 9. The summed E-state index contributed by atoms with van der Waals surface area (Å²) >= 11 is 0. The van der Waals surface area contributed by atoms with Gasteiger partial charge in [-0.1, -0.05) is 26.8 Å². The van der Waals surface area contributed by atoms with Crippen molar-refractivity contribution in [2.75, 3.05) is 13.7 Å². The molecule has 4 fully saturated rings. The van der Waals surface area contributed by atoms with Gasteiger partial charge in [-0.15, -0.1) is 0 Å². The first-order chi connectivity index (χ1) is 18.2. The molecule has 0 radical (unpaired) electrons. The molecule has 2 heterocycles. The molecule has 10 atom stereocenters. The molecule has 2 saturated carbocycles. The monoisotopic (exact) mass is 544 g/mol. The molecule has 0 spiro atoms. The van der Waals surface area contributed by atoms with E-state index in [4.69, 9.17) is 23.7 Å². The van der Waals surface area contributed by atoms with E-state index >= 15 is 0 Å². The van der Waals surface area contributed by atoms with Gasteiger partial charge in [0, 0.05) is 53.9 Å². The molecule has 5 rings (SSSR count). The van der Waals surface area contributed by atoms with Gasteiger partial charge in [-0.25, -0.2) is 4.79 Å². The van der Waals surface area contributed by atoms with E-state index in [1.807, 2.05) is 6.92 Å². The Bertz CT molecular complexity index is 1180. The summed E-state index contributed by atoms with van der Waals surface area (Å²) < 4.78 is 30.6. The van der Waals surface area contributed by atoms with Gasteiger partial charge in [0.15, 0.2) is 5.78 Å². The number of rotatable bonds is 5. The fraction of sp³-hybridized carbons (Fsp3) is 0.733. The molecule has 0 aromatic carbocycles. The Kier molecular flexibility index (Phi) is 6.66. The van der Waals surface area contributed by atoms with Gasteiger partial charge in [-0.05, 0) is 37.8 Å². The first-order valence-electron chi connectivity index (χ1n) is 13.8. The number of allylic oxidation sites excluding steroid dienone is 2. The highest BCUT2D eigenvalue weighted by atomic mass is 16.6. The maximum absolute atomic E-state index is 13.2. The number of carbonyl (C=O) groups excluding carboxylic acids is 4. The van der Waals surface area contributed by atoms with Crippen molar-refractivity contribution in [3.8, 4) is 0 Å². The third kappa shape index (κ3) is 3.71. The van der Waals surface area contributed by atoms with Crippen LogP contribution in [0, 0.1) is 28.1 Å². The lowest BCUT2D eigenvalue weighted by Gasteiger charge is -2.65. The summed E-state index contributed by atoms with van der Waals surface area (Å²) in [6, 6.07) is 0. The molecule has 2 saturated heterocycles. The fourth-order valence-electron chi connectivity index (χ4n) is 9.00. The minimum Gasteiger partial charge on any atom is -0.469 e. The van der Waals surface area contributed by atoms with E-state index in [-0.39, 0.29) is 43.0 Å². The minimum absolute atomic E-state index is 0.0428. The van der Waals surface area contributed by atoms with Gasteiger partial charge in [-0.3, -0.25) is 14.4 Å². The van der Waals surface area contributed by atoms with Crippen LogP contribution in [0.2, 0.25) is 0 Å². The van der Waals surface area contributed by atoms with E-state index in [1.165, 1.54) is 14.0 Å². The Morgan fingerprint density at radius 3 is 2.41 bits per heavy atom. The van der Waals surface area contributed by atoms with Crippen LogP contribution in [-0.2, 0) is 42.9 Å². The van der Waals surface area contributed by atoms with Gasteiger partial charge in [0.05, 0.1) is 32.0 Å². The second-order valence-electron chi connectivity index (χ2n) is 12.7. The van der Waals surface area contributed by atoms with Crippen molar-refractivity contribution in [1.82, 2.24) is 0 Å². The molecule has 3 aliphatic carbocycles. The summed E-state index contributed by atoms with van der Waals surface area (Å²) in [5, 5.41) is 0. The summed E-state index contributed by atoms with van der Waals surface area (Å²) in [5.74, 6) is -1.90. The lowest BCUT2D eigenvalue weighted by Crippen LogP contribution is -2.71. The third-order valence-electron chi connectivity index (χ3n) is 10.8. The lowest BCUT2D eigenvalue weighted by molar-refractivity contribution is -0.251. The molecule has 214 valence electrons. The van der Waals surface area contributed by atoms with Crippen LogP contribution < -0.4 is 0 Å². The molecule has 9 nitrogen and oxygen atoms in total. The molecule has 5 aliphatic rings. The number of ketones is 1. The Balaban J connectivity index is 1.73. The van der Waals surface area contributed by atoms with Gasteiger partial charge < -0.3 is 23.7 Å². The fourth-order valence-corrected chi connectivity index (χ4v) is 9.00. The first-order valence-corrected chi connectivity index (χ1v) is 13.8. The van der Waals surface area contributed by atoms with Crippen LogP contribution >= 0.6 is 0 Å². The van der Waals surface area contributed by atoms with Crippen LogP contribution in [0.5, 0.6) is 0 Å². The number of Topliss-reactive ketones (excluding diaryl/α,β-unsaturated/α-hetero) is 1. The number of ether oxygens (including phenoxy) is 5. The zero-order chi connectivity index (χ0) is 28.7. The van der Waals surface area contributed by atoms with Crippen molar-refractivity contribution in [2.45, 2.75) is 98.2 Å². The van der Waals surface area contributed by atoms with E-state index in [2.05, 4.69) is 20.8 Å². The number of esters is 3. The Morgan fingerprint density at radius 1 is 1.10 bits per heavy atom. The second kappa shape index (κ2) is 9.26. The van der Waals surface area contributed by atoms with Gasteiger partial charge in [-0.2, -0.15) is 0 Å². The highest BCUT2D eigenvalue weighted by Crippen LogP contribution is 2.73. The van der Waals surface area contributed by atoms with Gasteiger partial charge in [0.1, 0.15) is 12.2 Å². The SMILES string of the molecule is C/C=C(\C)C(=O)O[C@H]1C[C@@H](OC(C)=O)[C@@]2(C)CO[C@H]3[C@H]4O[C@@H]5CC(=O)C(C)=C5[C@@]4(C)[C@H](CC(=O)OC)[C@]1(C)[C@@H]32. The Labute approximate surface area is 229 Å². The maximum Gasteiger partial charge on any atom is 0.333 e. The summed E-state index contributed by atoms with van der Waals surface area (Å²) in [5.41, 5.74) is -0.101. The molecular weight excluding hydrogens is 504 g/mol. The zero-order valence-electron chi connectivity index (χ0n) is 24.1. The van der Waals surface area contributed by atoms with Crippen molar-refractivity contribution in [2.24, 2.45) is 28.1 Å². The van der Waals surface area contributed by atoms with E-state index in [0.29, 0.717) is 17.8 Å². The van der Waals surface area contributed by atoms with Gasteiger partial charge >= 0.3 is 17.9 Å². The molecule has 0 unspecified atom stereocenters. The topological polar surface area (TPSA) is 114 Å². The van der Waals surface area contributed by atoms with E-state index in [9.17, 15) is 19.2 Å². The molecule has 0 amide bonds. The standard InChI is InChI=1S/C30H40O9/c1-9-14(2)27(34)39-21-12-20(37-16(4)31)28(5)13-36-24-25(28)29(21,6)19(11-22(33)35-8)30(7)23-15(3)17(32)10-18(23)38-26(24)30/h9,18-21,24-26H,10-13H2,1-8H3/b14-9+/t18-,19-,20-,21+,24-,25+,26-,28-,29+,30-/m1/s1. The van der Waals surface area contributed by atoms with Crippen LogP contribution in [0.1, 0.15) is 67.7 Å². The van der Waals surface area contributed by atoms with Crippen molar-refractivity contribution >= 4 is 23.7 Å². The molecule has 2 aliphatic heterocycles. The third-order valence-corrected chi connectivity index (χ3v) is 10.8. The van der Waals surface area contributed by atoms with Crippen LogP contribution in [-0.4, -0.2) is 67.9 Å². The molecule has 0 aromatic rings. The van der Waals surface area contributed by atoms with Gasteiger partial charge in [0.2, 0.25) is 0 Å². The minimum atomic E-state index is -0.799. The predicted octanol–water partition coefficient (Wildman–Crippen LogP) is 3.48. The van der Waals surface area contributed by atoms with Crippen LogP contribution in [0.25, 0.3) is 0 Å². The number of methoxy groups -OCH3 is 1. The summed E-state index contributed by atoms with van der Waals surface area (Å²) in [6.45, 7) is 13.2. The van der Waals surface area contributed by atoms with E-state index in [0.717, 1.165) is 5.57 Å². The molecular formula is C30H40O9. The number of fused-ring (bicyclic) bond motifs is 4. The van der Waals surface area contributed by atoms with Crippen molar-refractivity contribution in [3.05, 3.63) is 22.8 Å². The van der Waals surface area contributed by atoms with Crippen LogP contribution in [0.15, 0.2) is 22.8 Å². The van der Waals surface area contributed by atoms with Crippen molar-refractivity contribution in [3.63, 3.8) is 0 Å². The molecule has 0 aromatic heterocycles. The number of hydrogen-bond donors (Lipinski definition) is 0. The maximum atomic E-state index is 13.2. The Morgan fingerprint density at radius 2 is 1.79 bits per heavy atom. The highest BCUT2D eigenvalue weighted by Gasteiger charge is 2.78. The second-order valence-corrected chi connectivity index (χ2v) is 12.7. The molecule has 0 bridgehead atoms. The van der Waals surface area contributed by atoms with E-state index in [1.54, 1.807) is 19.9 Å². The highest BCUT2D eigenvalue weighted by molar-refractivity contribution is 5.99. The lowest BCUT2D eigenvalue weighted by atomic mass is 9.40. The zero-order valence-corrected chi connectivity index (χ0v) is 24.1. The van der Waals surface area contributed by atoms with Gasteiger partial charge in [0.25, 0.3) is 0 Å². The summed E-state index contributed by atoms with van der Waals surface area (Å²) in [6.07, 6.45) is -0.218. The molecule has 39 heavy (non-hydrogen) atoms. The average Bonchev–Trinajstić information content (AvgIpc) is 3.49. The van der Waals surface area contributed by atoms with Crippen LogP contribution in [0.4, 0.5) is 0 Å². The molecule has 9 heteroatoms. The normalized spacial score (nSPS) is 44.5.